The molecule has 1 aromatic rings. The maximum absolute atomic E-state index is 12.7. The monoisotopic (exact) mass is 344 g/mol. The minimum absolute atomic E-state index is 0.0992. The average Bonchev–Trinajstić information content (AvgIpc) is 2.62. The molecular formula is C18H24N4O3. The highest BCUT2D eigenvalue weighted by Crippen LogP contribution is 2.12. The van der Waals surface area contributed by atoms with Crippen molar-refractivity contribution in [1.82, 2.24) is 9.80 Å². The summed E-state index contributed by atoms with van der Waals surface area (Å²) in [7, 11) is 0. The molecule has 25 heavy (non-hydrogen) atoms. The average molecular weight is 344 g/mol. The van der Waals surface area contributed by atoms with Crippen LogP contribution < -0.4 is 5.32 Å². The molecular weight excluding hydrogens is 320 g/mol. The van der Waals surface area contributed by atoms with Crippen LogP contribution in [0.15, 0.2) is 24.3 Å². The van der Waals surface area contributed by atoms with E-state index in [4.69, 9.17) is 10.00 Å². The quantitative estimate of drug-likeness (QED) is 0.806. The number of nitrogens with zero attached hydrogens (tertiary/aromatic N) is 3. The molecule has 2 amide bonds. The highest BCUT2D eigenvalue weighted by molar-refractivity contribution is 5.95. The largest absolute Gasteiger partial charge is 0.379 e. The van der Waals surface area contributed by atoms with Crippen LogP contribution >= 0.6 is 0 Å². The Labute approximate surface area is 148 Å². The standard InChI is InChI=1S/C18H24N4O3/c1-15(23)20-17-5-3-16(4-6-17)18(24)22(8-2-7-19)10-9-21-11-13-25-14-12-21/h3-6H,2,8-14H2,1H3,(H,20,23). The van der Waals surface area contributed by atoms with Gasteiger partial charge in [0.1, 0.15) is 0 Å². The molecule has 0 saturated carbocycles. The fourth-order valence-electron chi connectivity index (χ4n) is 2.67. The molecule has 0 radical (unpaired) electrons. The molecule has 1 fully saturated rings. The lowest BCUT2D eigenvalue weighted by atomic mass is 10.1. The van der Waals surface area contributed by atoms with Gasteiger partial charge < -0.3 is 15.0 Å². The van der Waals surface area contributed by atoms with E-state index in [2.05, 4.69) is 16.3 Å². The topological polar surface area (TPSA) is 85.7 Å². The molecule has 1 aliphatic rings. The molecule has 1 aliphatic heterocycles. The summed E-state index contributed by atoms with van der Waals surface area (Å²) < 4.78 is 5.33. The van der Waals surface area contributed by atoms with Crippen LogP contribution in [0.25, 0.3) is 0 Å². The van der Waals surface area contributed by atoms with E-state index in [0.717, 1.165) is 32.8 Å². The lowest BCUT2D eigenvalue weighted by Gasteiger charge is -2.30. The van der Waals surface area contributed by atoms with Gasteiger partial charge in [0.15, 0.2) is 0 Å². The summed E-state index contributed by atoms with van der Waals surface area (Å²) in [6.07, 6.45) is 0.304. The van der Waals surface area contributed by atoms with Gasteiger partial charge in [-0.25, -0.2) is 0 Å². The van der Waals surface area contributed by atoms with E-state index in [-0.39, 0.29) is 11.8 Å². The highest BCUT2D eigenvalue weighted by atomic mass is 16.5. The maximum atomic E-state index is 12.7. The lowest BCUT2D eigenvalue weighted by Crippen LogP contribution is -2.43. The van der Waals surface area contributed by atoms with Gasteiger partial charge in [0.2, 0.25) is 5.91 Å². The van der Waals surface area contributed by atoms with E-state index in [9.17, 15) is 9.59 Å². The van der Waals surface area contributed by atoms with Gasteiger partial charge in [0, 0.05) is 50.9 Å². The van der Waals surface area contributed by atoms with Gasteiger partial charge in [-0.3, -0.25) is 14.5 Å². The number of amides is 2. The van der Waals surface area contributed by atoms with Crippen LogP contribution in [0.4, 0.5) is 5.69 Å². The maximum Gasteiger partial charge on any atom is 0.253 e. The highest BCUT2D eigenvalue weighted by Gasteiger charge is 2.18. The van der Waals surface area contributed by atoms with E-state index < -0.39 is 0 Å². The number of hydrogen-bond donors (Lipinski definition) is 1. The molecule has 1 aromatic carbocycles. The normalized spacial score (nSPS) is 14.6. The first-order valence-corrected chi connectivity index (χ1v) is 8.44. The Morgan fingerprint density at radius 1 is 1.24 bits per heavy atom. The second-order valence-corrected chi connectivity index (χ2v) is 5.91. The van der Waals surface area contributed by atoms with Crippen molar-refractivity contribution in [2.24, 2.45) is 0 Å². The zero-order chi connectivity index (χ0) is 18.1. The van der Waals surface area contributed by atoms with Crippen molar-refractivity contribution in [3.63, 3.8) is 0 Å². The summed E-state index contributed by atoms with van der Waals surface area (Å²) in [6.45, 7) is 6.37. The van der Waals surface area contributed by atoms with Crippen molar-refractivity contribution in [2.75, 3.05) is 51.3 Å². The van der Waals surface area contributed by atoms with E-state index in [1.807, 2.05) is 0 Å². The Hall–Kier alpha value is -2.43. The molecule has 0 bridgehead atoms. The van der Waals surface area contributed by atoms with Crippen LogP contribution in [-0.2, 0) is 9.53 Å². The number of hydrogen-bond acceptors (Lipinski definition) is 5. The molecule has 1 N–H and O–H groups in total. The molecule has 0 unspecified atom stereocenters. The van der Waals surface area contributed by atoms with E-state index in [1.165, 1.54) is 6.92 Å². The smallest absolute Gasteiger partial charge is 0.253 e. The molecule has 7 heteroatoms. The number of anilines is 1. The Kier molecular flexibility index (Phi) is 7.38. The number of morpholine rings is 1. The zero-order valence-corrected chi connectivity index (χ0v) is 14.5. The molecule has 7 nitrogen and oxygen atoms in total. The predicted octanol–water partition coefficient (Wildman–Crippen LogP) is 1.33. The molecule has 1 heterocycles. The Bertz CT molecular complexity index is 618. The van der Waals surface area contributed by atoms with Gasteiger partial charge in [-0.15, -0.1) is 0 Å². The van der Waals surface area contributed by atoms with Crippen molar-refractivity contribution >= 4 is 17.5 Å². The Balaban J connectivity index is 1.98. The van der Waals surface area contributed by atoms with Gasteiger partial charge in [-0.1, -0.05) is 0 Å². The summed E-state index contributed by atoms with van der Waals surface area (Å²) in [5.74, 6) is -0.252. The van der Waals surface area contributed by atoms with E-state index >= 15 is 0 Å². The van der Waals surface area contributed by atoms with Crippen LogP contribution in [0, 0.1) is 11.3 Å². The number of carbonyl (C=O) groups excluding carboxylic acids is 2. The fourth-order valence-corrected chi connectivity index (χ4v) is 2.67. The van der Waals surface area contributed by atoms with Crippen molar-refractivity contribution in [1.29, 1.82) is 5.26 Å². The molecule has 2 rings (SSSR count). The Morgan fingerprint density at radius 2 is 1.92 bits per heavy atom. The lowest BCUT2D eigenvalue weighted by molar-refractivity contribution is -0.114. The van der Waals surface area contributed by atoms with Crippen LogP contribution in [0.5, 0.6) is 0 Å². The zero-order valence-electron chi connectivity index (χ0n) is 14.5. The second kappa shape index (κ2) is 9.77. The number of carbonyl (C=O) groups is 2. The van der Waals surface area contributed by atoms with E-state index in [1.54, 1.807) is 29.2 Å². The predicted molar refractivity (Wildman–Crippen MR) is 94.1 cm³/mol. The molecule has 0 atom stereocenters. The van der Waals surface area contributed by atoms with Gasteiger partial charge >= 0.3 is 0 Å². The van der Waals surface area contributed by atoms with Crippen molar-refractivity contribution in [2.45, 2.75) is 13.3 Å². The summed E-state index contributed by atoms with van der Waals surface area (Å²) in [5, 5.41) is 11.5. The van der Waals surface area contributed by atoms with Crippen LogP contribution in [0.2, 0.25) is 0 Å². The summed E-state index contributed by atoms with van der Waals surface area (Å²) in [6, 6.07) is 8.91. The first-order chi connectivity index (χ1) is 12.1. The molecule has 0 aromatic heterocycles. The number of nitrogens with one attached hydrogen (secondary N) is 1. The van der Waals surface area contributed by atoms with Gasteiger partial charge in [-0.2, -0.15) is 5.26 Å². The SMILES string of the molecule is CC(=O)Nc1ccc(C(=O)N(CCC#N)CCN2CCOCC2)cc1. The van der Waals surface area contributed by atoms with Crippen LogP contribution in [0.1, 0.15) is 23.7 Å². The third-order valence-corrected chi connectivity index (χ3v) is 4.02. The molecule has 134 valence electrons. The molecule has 0 aliphatic carbocycles. The number of ether oxygens (including phenoxy) is 1. The number of benzene rings is 1. The number of nitriles is 1. The third-order valence-electron chi connectivity index (χ3n) is 4.02. The van der Waals surface area contributed by atoms with Crippen LogP contribution in [0.3, 0.4) is 0 Å². The summed E-state index contributed by atoms with van der Waals surface area (Å²) >= 11 is 0. The summed E-state index contributed by atoms with van der Waals surface area (Å²) in [5.41, 5.74) is 1.20. The third kappa shape index (κ3) is 6.18. The van der Waals surface area contributed by atoms with Gasteiger partial charge in [0.05, 0.1) is 25.7 Å². The number of rotatable bonds is 7. The van der Waals surface area contributed by atoms with Crippen LogP contribution in [-0.4, -0.2) is 67.6 Å². The minimum atomic E-state index is -0.153. The second-order valence-electron chi connectivity index (χ2n) is 5.91. The molecule has 0 spiro atoms. The molecule has 1 saturated heterocycles. The van der Waals surface area contributed by atoms with Gasteiger partial charge in [0.25, 0.3) is 5.91 Å². The van der Waals surface area contributed by atoms with Crippen molar-refractivity contribution in [3.8, 4) is 6.07 Å². The fraction of sp³-hybridized carbons (Fsp3) is 0.500. The minimum Gasteiger partial charge on any atom is -0.379 e. The van der Waals surface area contributed by atoms with E-state index in [0.29, 0.717) is 30.8 Å². The van der Waals surface area contributed by atoms with Crippen molar-refractivity contribution in [3.05, 3.63) is 29.8 Å². The van der Waals surface area contributed by atoms with Crippen molar-refractivity contribution < 1.29 is 14.3 Å². The van der Waals surface area contributed by atoms with Gasteiger partial charge in [-0.05, 0) is 24.3 Å². The first-order valence-electron chi connectivity index (χ1n) is 8.44. The first kappa shape index (κ1) is 18.9. The summed E-state index contributed by atoms with van der Waals surface area (Å²) in [4.78, 5) is 27.8. The Morgan fingerprint density at radius 3 is 2.52 bits per heavy atom.